The first-order chi connectivity index (χ1) is 10.2. The van der Waals surface area contributed by atoms with E-state index in [0.717, 1.165) is 26.7 Å². The minimum absolute atomic E-state index is 0.487. The summed E-state index contributed by atoms with van der Waals surface area (Å²) < 4.78 is 6.41. The number of nitrogens with zero attached hydrogens (tertiary/aromatic N) is 2. The van der Waals surface area contributed by atoms with Gasteiger partial charge < -0.3 is 10.3 Å². The molecule has 0 spiro atoms. The standard InChI is InChI=1S/C16H14BrN3O/c1-10-7-13(17)5-6-14(10)15-19-16(21-20-15)12-4-2-3-11(8-12)9-18/h2-8H,9,18H2,1H3. The monoisotopic (exact) mass is 343 g/mol. The molecule has 0 unspecified atom stereocenters. The fourth-order valence-corrected chi connectivity index (χ4v) is 2.63. The molecule has 2 N–H and O–H groups in total. The maximum atomic E-state index is 5.66. The third-order valence-corrected chi connectivity index (χ3v) is 3.76. The Balaban J connectivity index is 1.99. The van der Waals surface area contributed by atoms with Crippen LogP contribution >= 0.6 is 15.9 Å². The lowest BCUT2D eigenvalue weighted by atomic mass is 10.1. The van der Waals surface area contributed by atoms with Crippen molar-refractivity contribution in [3.05, 3.63) is 58.1 Å². The highest BCUT2D eigenvalue weighted by molar-refractivity contribution is 9.10. The molecular formula is C16H14BrN3O. The fraction of sp³-hybridized carbons (Fsp3) is 0.125. The van der Waals surface area contributed by atoms with E-state index in [4.69, 9.17) is 10.3 Å². The Morgan fingerprint density at radius 3 is 2.81 bits per heavy atom. The van der Waals surface area contributed by atoms with Crippen LogP contribution < -0.4 is 5.73 Å². The molecule has 0 aliphatic heterocycles. The highest BCUT2D eigenvalue weighted by atomic mass is 79.9. The van der Waals surface area contributed by atoms with Crippen molar-refractivity contribution in [2.24, 2.45) is 5.73 Å². The Kier molecular flexibility index (Phi) is 3.86. The van der Waals surface area contributed by atoms with E-state index in [9.17, 15) is 0 Å². The first-order valence-corrected chi connectivity index (χ1v) is 7.36. The van der Waals surface area contributed by atoms with Gasteiger partial charge in [-0.25, -0.2) is 0 Å². The molecule has 0 radical (unpaired) electrons. The van der Waals surface area contributed by atoms with Gasteiger partial charge in [-0.2, -0.15) is 4.98 Å². The molecule has 1 aromatic heterocycles. The van der Waals surface area contributed by atoms with Crippen LogP contribution in [0, 0.1) is 6.92 Å². The Labute approximate surface area is 131 Å². The highest BCUT2D eigenvalue weighted by Gasteiger charge is 2.12. The Hall–Kier alpha value is -1.98. The summed E-state index contributed by atoms with van der Waals surface area (Å²) >= 11 is 3.45. The minimum Gasteiger partial charge on any atom is -0.334 e. The molecule has 4 nitrogen and oxygen atoms in total. The van der Waals surface area contributed by atoms with E-state index in [0.29, 0.717) is 18.3 Å². The van der Waals surface area contributed by atoms with Crippen LogP contribution in [0.2, 0.25) is 0 Å². The molecule has 0 bridgehead atoms. The number of rotatable bonds is 3. The zero-order chi connectivity index (χ0) is 14.8. The summed E-state index contributed by atoms with van der Waals surface area (Å²) in [4.78, 5) is 4.48. The lowest BCUT2D eigenvalue weighted by Gasteiger charge is -2.00. The van der Waals surface area contributed by atoms with Gasteiger partial charge in [0, 0.05) is 22.1 Å². The van der Waals surface area contributed by atoms with Crippen molar-refractivity contribution < 1.29 is 4.52 Å². The average Bonchev–Trinajstić information content (AvgIpc) is 2.97. The number of aromatic nitrogens is 2. The molecule has 2 aromatic carbocycles. The molecule has 0 fully saturated rings. The van der Waals surface area contributed by atoms with E-state index in [2.05, 4.69) is 26.1 Å². The molecule has 0 saturated heterocycles. The lowest BCUT2D eigenvalue weighted by molar-refractivity contribution is 0.432. The number of hydrogen-bond acceptors (Lipinski definition) is 4. The maximum Gasteiger partial charge on any atom is 0.258 e. The number of benzene rings is 2. The maximum absolute atomic E-state index is 5.66. The summed E-state index contributed by atoms with van der Waals surface area (Å²) in [6.07, 6.45) is 0. The predicted molar refractivity (Wildman–Crippen MR) is 85.5 cm³/mol. The largest absolute Gasteiger partial charge is 0.334 e. The third-order valence-electron chi connectivity index (χ3n) is 3.27. The van der Waals surface area contributed by atoms with Crippen molar-refractivity contribution in [1.82, 2.24) is 10.1 Å². The molecule has 0 amide bonds. The third kappa shape index (κ3) is 2.89. The molecule has 106 valence electrons. The van der Waals surface area contributed by atoms with Gasteiger partial charge in [-0.3, -0.25) is 0 Å². The van der Waals surface area contributed by atoms with Crippen molar-refractivity contribution in [2.75, 3.05) is 0 Å². The zero-order valence-electron chi connectivity index (χ0n) is 11.5. The summed E-state index contributed by atoms with van der Waals surface area (Å²) in [6.45, 7) is 2.51. The van der Waals surface area contributed by atoms with Crippen LogP contribution in [0.25, 0.3) is 22.8 Å². The van der Waals surface area contributed by atoms with E-state index < -0.39 is 0 Å². The molecule has 3 aromatic rings. The minimum atomic E-state index is 0.487. The Morgan fingerprint density at radius 2 is 2.05 bits per heavy atom. The van der Waals surface area contributed by atoms with Gasteiger partial charge in [0.25, 0.3) is 5.89 Å². The number of nitrogens with two attached hydrogens (primary N) is 1. The van der Waals surface area contributed by atoms with Crippen LogP contribution in [0.5, 0.6) is 0 Å². The summed E-state index contributed by atoms with van der Waals surface area (Å²) in [5.41, 5.74) is 9.62. The molecule has 21 heavy (non-hydrogen) atoms. The lowest BCUT2D eigenvalue weighted by Crippen LogP contribution is -1.95. The Morgan fingerprint density at radius 1 is 1.19 bits per heavy atom. The summed E-state index contributed by atoms with van der Waals surface area (Å²) in [5.74, 6) is 1.09. The van der Waals surface area contributed by atoms with Gasteiger partial charge in [-0.1, -0.05) is 33.2 Å². The topological polar surface area (TPSA) is 64.9 Å². The quantitative estimate of drug-likeness (QED) is 0.782. The van der Waals surface area contributed by atoms with Crippen LogP contribution in [-0.2, 0) is 6.54 Å². The van der Waals surface area contributed by atoms with Crippen molar-refractivity contribution in [3.8, 4) is 22.8 Å². The van der Waals surface area contributed by atoms with Crippen LogP contribution in [0.1, 0.15) is 11.1 Å². The summed E-state index contributed by atoms with van der Waals surface area (Å²) in [7, 11) is 0. The van der Waals surface area contributed by atoms with E-state index in [1.807, 2.05) is 49.4 Å². The van der Waals surface area contributed by atoms with Crippen LogP contribution in [0.4, 0.5) is 0 Å². The number of aryl methyl sites for hydroxylation is 1. The highest BCUT2D eigenvalue weighted by Crippen LogP contribution is 2.26. The summed E-state index contributed by atoms with van der Waals surface area (Å²) in [5, 5.41) is 4.08. The van der Waals surface area contributed by atoms with Crippen LogP contribution in [-0.4, -0.2) is 10.1 Å². The van der Waals surface area contributed by atoms with E-state index in [1.54, 1.807) is 0 Å². The van der Waals surface area contributed by atoms with Gasteiger partial charge >= 0.3 is 0 Å². The van der Waals surface area contributed by atoms with Gasteiger partial charge in [0.2, 0.25) is 5.82 Å². The normalized spacial score (nSPS) is 10.8. The SMILES string of the molecule is Cc1cc(Br)ccc1-c1noc(-c2cccc(CN)c2)n1. The van der Waals surface area contributed by atoms with E-state index >= 15 is 0 Å². The molecule has 0 aliphatic carbocycles. The molecule has 3 rings (SSSR count). The molecule has 0 saturated carbocycles. The molecule has 5 heteroatoms. The van der Waals surface area contributed by atoms with Crippen molar-refractivity contribution >= 4 is 15.9 Å². The van der Waals surface area contributed by atoms with E-state index in [1.165, 1.54) is 0 Å². The van der Waals surface area contributed by atoms with Crippen molar-refractivity contribution in [3.63, 3.8) is 0 Å². The second-order valence-electron chi connectivity index (χ2n) is 4.79. The molecular weight excluding hydrogens is 330 g/mol. The second kappa shape index (κ2) is 5.79. The van der Waals surface area contributed by atoms with Crippen LogP contribution in [0.3, 0.4) is 0 Å². The average molecular weight is 344 g/mol. The fourth-order valence-electron chi connectivity index (χ4n) is 2.16. The number of halogens is 1. The van der Waals surface area contributed by atoms with Gasteiger partial charge in [-0.15, -0.1) is 0 Å². The first kappa shape index (κ1) is 14.0. The van der Waals surface area contributed by atoms with Gasteiger partial charge in [-0.05, 0) is 48.4 Å². The zero-order valence-corrected chi connectivity index (χ0v) is 13.1. The molecule has 1 heterocycles. The Bertz CT molecular complexity index is 783. The molecule has 0 atom stereocenters. The smallest absolute Gasteiger partial charge is 0.258 e. The number of hydrogen-bond donors (Lipinski definition) is 1. The van der Waals surface area contributed by atoms with Crippen molar-refractivity contribution in [2.45, 2.75) is 13.5 Å². The van der Waals surface area contributed by atoms with Gasteiger partial charge in [0.1, 0.15) is 0 Å². The van der Waals surface area contributed by atoms with Crippen molar-refractivity contribution in [1.29, 1.82) is 0 Å². The van der Waals surface area contributed by atoms with Crippen LogP contribution in [0.15, 0.2) is 51.5 Å². The second-order valence-corrected chi connectivity index (χ2v) is 5.70. The summed E-state index contributed by atoms with van der Waals surface area (Å²) in [6, 6.07) is 13.8. The molecule has 0 aliphatic rings. The van der Waals surface area contributed by atoms with Gasteiger partial charge in [0.15, 0.2) is 0 Å². The van der Waals surface area contributed by atoms with Gasteiger partial charge in [0.05, 0.1) is 0 Å². The first-order valence-electron chi connectivity index (χ1n) is 6.57. The van der Waals surface area contributed by atoms with E-state index in [-0.39, 0.29) is 0 Å². The predicted octanol–water partition coefficient (Wildman–Crippen LogP) is 3.93.